The van der Waals surface area contributed by atoms with E-state index < -0.39 is 5.79 Å². The Morgan fingerprint density at radius 1 is 0.964 bits per heavy atom. The van der Waals surface area contributed by atoms with Gasteiger partial charge in [-0.3, -0.25) is 4.79 Å². The summed E-state index contributed by atoms with van der Waals surface area (Å²) in [5, 5.41) is 0. The molecule has 2 aromatic carbocycles. The second kappa shape index (κ2) is 8.46. The van der Waals surface area contributed by atoms with Crippen LogP contribution in [0.5, 0.6) is 0 Å². The van der Waals surface area contributed by atoms with E-state index in [9.17, 15) is 4.79 Å². The van der Waals surface area contributed by atoms with Gasteiger partial charge in [0.05, 0.1) is 13.2 Å². The zero-order valence-electron chi connectivity index (χ0n) is 16.5. The number of hydrogen-bond donors (Lipinski definition) is 0. The van der Waals surface area contributed by atoms with Crippen LogP contribution >= 0.6 is 0 Å². The van der Waals surface area contributed by atoms with Gasteiger partial charge in [0.25, 0.3) is 0 Å². The first-order valence-corrected chi connectivity index (χ1v) is 10.3. The maximum atomic E-state index is 13.3. The van der Waals surface area contributed by atoms with Gasteiger partial charge in [-0.1, -0.05) is 60.7 Å². The van der Waals surface area contributed by atoms with E-state index in [0.717, 1.165) is 25.7 Å². The van der Waals surface area contributed by atoms with E-state index in [2.05, 4.69) is 41.3 Å². The molecule has 2 unspecified atom stereocenters. The summed E-state index contributed by atoms with van der Waals surface area (Å²) in [4.78, 5) is 15.4. The van der Waals surface area contributed by atoms with E-state index in [1.807, 2.05) is 31.2 Å². The summed E-state index contributed by atoms with van der Waals surface area (Å²) in [6.07, 6.45) is 3.38. The van der Waals surface area contributed by atoms with Crippen LogP contribution in [0.15, 0.2) is 60.7 Å². The van der Waals surface area contributed by atoms with E-state index >= 15 is 0 Å². The number of amides is 1. The molecule has 0 aliphatic carbocycles. The van der Waals surface area contributed by atoms with Crippen LogP contribution in [-0.2, 0) is 27.2 Å². The van der Waals surface area contributed by atoms with Crippen LogP contribution in [0, 0.1) is 5.92 Å². The van der Waals surface area contributed by atoms with Gasteiger partial charge in [0.2, 0.25) is 5.91 Å². The molecule has 0 spiro atoms. The lowest BCUT2D eigenvalue weighted by Gasteiger charge is -2.25. The molecule has 2 aliphatic heterocycles. The standard InChI is InChI=1S/C24H29NO3/c1-24(27-14-15-28-24)13-12-21-17-22(16-19-8-4-2-5-9-19)25(23(21)26)18-20-10-6-3-7-11-20/h2-11,21-22H,12-18H2,1H3. The van der Waals surface area contributed by atoms with Crippen molar-refractivity contribution in [3.63, 3.8) is 0 Å². The van der Waals surface area contributed by atoms with Gasteiger partial charge in [0, 0.05) is 24.9 Å². The molecular formula is C24H29NO3. The lowest BCUT2D eigenvalue weighted by atomic mass is 9.94. The van der Waals surface area contributed by atoms with E-state index in [0.29, 0.717) is 19.8 Å². The fraction of sp³-hybridized carbons (Fsp3) is 0.458. The first-order valence-electron chi connectivity index (χ1n) is 10.3. The summed E-state index contributed by atoms with van der Waals surface area (Å²) in [6.45, 7) is 3.96. The molecule has 0 bridgehead atoms. The smallest absolute Gasteiger partial charge is 0.226 e. The summed E-state index contributed by atoms with van der Waals surface area (Å²) in [5.74, 6) is -0.212. The number of nitrogens with zero attached hydrogens (tertiary/aromatic N) is 1. The Hall–Kier alpha value is -2.17. The lowest BCUT2D eigenvalue weighted by Crippen LogP contribution is -2.35. The van der Waals surface area contributed by atoms with E-state index in [1.165, 1.54) is 11.1 Å². The van der Waals surface area contributed by atoms with Crippen LogP contribution in [0.3, 0.4) is 0 Å². The average Bonchev–Trinajstić information content (AvgIpc) is 3.27. The minimum absolute atomic E-state index is 0.0436. The van der Waals surface area contributed by atoms with E-state index in [-0.39, 0.29) is 17.9 Å². The zero-order chi connectivity index (χ0) is 19.4. The van der Waals surface area contributed by atoms with Crippen molar-refractivity contribution in [2.45, 2.75) is 51.0 Å². The van der Waals surface area contributed by atoms with Gasteiger partial charge in [-0.05, 0) is 37.3 Å². The SMILES string of the molecule is CC1(CCC2CC(Cc3ccccc3)N(Cc3ccccc3)C2=O)OCCO1. The summed E-state index contributed by atoms with van der Waals surface area (Å²) in [5.41, 5.74) is 2.47. The quantitative estimate of drug-likeness (QED) is 0.724. The summed E-state index contributed by atoms with van der Waals surface area (Å²) in [7, 11) is 0. The number of carbonyl (C=O) groups is 1. The third kappa shape index (κ3) is 4.45. The first-order chi connectivity index (χ1) is 13.6. The van der Waals surface area contributed by atoms with Crippen molar-refractivity contribution in [2.24, 2.45) is 5.92 Å². The molecule has 2 heterocycles. The van der Waals surface area contributed by atoms with Crippen LogP contribution in [-0.4, -0.2) is 35.8 Å². The molecule has 2 aromatic rings. The van der Waals surface area contributed by atoms with Gasteiger partial charge < -0.3 is 14.4 Å². The second-order valence-electron chi connectivity index (χ2n) is 8.10. The van der Waals surface area contributed by atoms with Crippen molar-refractivity contribution in [3.8, 4) is 0 Å². The molecule has 0 aromatic heterocycles. The predicted molar refractivity (Wildman–Crippen MR) is 109 cm³/mol. The number of ether oxygens (including phenoxy) is 2. The maximum Gasteiger partial charge on any atom is 0.226 e. The van der Waals surface area contributed by atoms with Crippen LogP contribution < -0.4 is 0 Å². The fourth-order valence-corrected chi connectivity index (χ4v) is 4.42. The van der Waals surface area contributed by atoms with Gasteiger partial charge in [0.15, 0.2) is 5.79 Å². The van der Waals surface area contributed by atoms with Crippen LogP contribution in [0.1, 0.15) is 37.3 Å². The highest BCUT2D eigenvalue weighted by atomic mass is 16.7. The first kappa shape index (κ1) is 19.2. The molecule has 2 saturated heterocycles. The second-order valence-corrected chi connectivity index (χ2v) is 8.10. The predicted octanol–water partition coefficient (Wildman–Crippen LogP) is 4.19. The van der Waals surface area contributed by atoms with Gasteiger partial charge >= 0.3 is 0 Å². The Labute approximate surface area is 167 Å². The topological polar surface area (TPSA) is 38.8 Å². The molecule has 0 saturated carbocycles. The number of rotatable bonds is 7. The fourth-order valence-electron chi connectivity index (χ4n) is 4.42. The lowest BCUT2D eigenvalue weighted by molar-refractivity contribution is -0.151. The van der Waals surface area contributed by atoms with Crippen LogP contribution in [0.25, 0.3) is 0 Å². The molecule has 2 aliphatic rings. The molecule has 0 N–H and O–H groups in total. The minimum Gasteiger partial charge on any atom is -0.348 e. The molecule has 28 heavy (non-hydrogen) atoms. The van der Waals surface area contributed by atoms with E-state index in [1.54, 1.807) is 0 Å². The van der Waals surface area contributed by atoms with Crippen LogP contribution in [0.2, 0.25) is 0 Å². The van der Waals surface area contributed by atoms with Gasteiger partial charge in [0.1, 0.15) is 0 Å². The highest BCUT2D eigenvalue weighted by Gasteiger charge is 2.41. The summed E-state index contributed by atoms with van der Waals surface area (Å²) >= 11 is 0. The monoisotopic (exact) mass is 379 g/mol. The van der Waals surface area contributed by atoms with Crippen molar-refractivity contribution in [3.05, 3.63) is 71.8 Å². The molecule has 148 valence electrons. The summed E-state index contributed by atoms with van der Waals surface area (Å²) < 4.78 is 11.5. The van der Waals surface area contributed by atoms with Crippen LogP contribution in [0.4, 0.5) is 0 Å². The molecule has 2 atom stereocenters. The Balaban J connectivity index is 1.47. The van der Waals surface area contributed by atoms with E-state index in [4.69, 9.17) is 9.47 Å². The molecule has 4 heteroatoms. The number of benzene rings is 2. The molecular weight excluding hydrogens is 350 g/mol. The van der Waals surface area contributed by atoms with Crippen molar-refractivity contribution in [2.75, 3.05) is 13.2 Å². The van der Waals surface area contributed by atoms with Gasteiger partial charge in [-0.2, -0.15) is 0 Å². The maximum absolute atomic E-state index is 13.3. The molecule has 4 nitrogen and oxygen atoms in total. The van der Waals surface area contributed by atoms with Crippen molar-refractivity contribution in [1.82, 2.24) is 4.90 Å². The largest absolute Gasteiger partial charge is 0.348 e. The average molecular weight is 380 g/mol. The Morgan fingerprint density at radius 2 is 1.57 bits per heavy atom. The van der Waals surface area contributed by atoms with Crippen molar-refractivity contribution >= 4 is 5.91 Å². The number of likely N-dealkylation sites (tertiary alicyclic amines) is 1. The third-order valence-corrected chi connectivity index (χ3v) is 5.98. The molecule has 1 amide bonds. The van der Waals surface area contributed by atoms with Gasteiger partial charge in [-0.15, -0.1) is 0 Å². The highest BCUT2D eigenvalue weighted by Crippen LogP contribution is 2.35. The molecule has 2 fully saturated rings. The van der Waals surface area contributed by atoms with Gasteiger partial charge in [-0.25, -0.2) is 0 Å². The van der Waals surface area contributed by atoms with Crippen molar-refractivity contribution in [1.29, 1.82) is 0 Å². The van der Waals surface area contributed by atoms with Crippen molar-refractivity contribution < 1.29 is 14.3 Å². The Morgan fingerprint density at radius 3 is 2.21 bits per heavy atom. The molecule has 4 rings (SSSR count). The third-order valence-electron chi connectivity index (χ3n) is 5.98. The zero-order valence-corrected chi connectivity index (χ0v) is 16.5. The Bertz CT molecular complexity index is 771. The molecule has 0 radical (unpaired) electrons. The summed E-state index contributed by atoms with van der Waals surface area (Å²) in [6, 6.07) is 21.0. The Kier molecular flexibility index (Phi) is 5.79. The highest BCUT2D eigenvalue weighted by molar-refractivity contribution is 5.81. The number of hydrogen-bond acceptors (Lipinski definition) is 3. The normalized spacial score (nSPS) is 24.0. The number of carbonyl (C=O) groups excluding carboxylic acids is 1. The minimum atomic E-state index is -0.526.